The highest BCUT2D eigenvalue weighted by molar-refractivity contribution is 7.99. The van der Waals surface area contributed by atoms with Gasteiger partial charge in [-0.2, -0.15) is 4.31 Å². The minimum atomic E-state index is -3.72. The van der Waals surface area contributed by atoms with E-state index in [1.54, 1.807) is 31.3 Å². The third-order valence-corrected chi connectivity index (χ3v) is 8.75. The van der Waals surface area contributed by atoms with Gasteiger partial charge in [0.2, 0.25) is 21.9 Å². The Kier molecular flexibility index (Phi) is 6.54. The third-order valence-electron chi connectivity index (χ3n) is 5.84. The summed E-state index contributed by atoms with van der Waals surface area (Å²) in [7, 11) is -2.09. The number of carbonyl (C=O) groups excluding carboxylic acids is 1. The van der Waals surface area contributed by atoms with Gasteiger partial charge in [-0.25, -0.2) is 8.42 Å². The van der Waals surface area contributed by atoms with Crippen LogP contribution in [0.25, 0.3) is 0 Å². The Balaban J connectivity index is 1.45. The van der Waals surface area contributed by atoms with Gasteiger partial charge in [-0.05, 0) is 37.8 Å². The van der Waals surface area contributed by atoms with Gasteiger partial charge in [0.05, 0.1) is 11.4 Å². The molecule has 0 radical (unpaired) electrons. The zero-order chi connectivity index (χ0) is 22.0. The molecule has 1 aromatic carbocycles. The number of carbonyl (C=O) groups is 1. The molecule has 0 saturated heterocycles. The van der Waals surface area contributed by atoms with Crippen LogP contribution in [0, 0.1) is 0 Å². The Morgan fingerprint density at radius 2 is 1.90 bits per heavy atom. The molecule has 1 amide bonds. The van der Waals surface area contributed by atoms with Crippen molar-refractivity contribution < 1.29 is 13.2 Å². The first-order chi connectivity index (χ1) is 14.9. The normalized spacial score (nSPS) is 17.7. The van der Waals surface area contributed by atoms with Crippen LogP contribution < -0.4 is 11.1 Å². The van der Waals surface area contributed by atoms with Crippen LogP contribution in [0.4, 0.5) is 11.6 Å². The molecule has 2 aliphatic rings. The summed E-state index contributed by atoms with van der Waals surface area (Å²) in [6, 6.07) is 6.86. The van der Waals surface area contributed by atoms with Crippen molar-refractivity contribution in [1.29, 1.82) is 0 Å². The van der Waals surface area contributed by atoms with Gasteiger partial charge in [0.1, 0.15) is 4.90 Å². The Morgan fingerprint density at radius 1 is 1.19 bits per heavy atom. The number of nitrogens with two attached hydrogens (primary N) is 1. The second-order valence-corrected chi connectivity index (χ2v) is 11.0. The summed E-state index contributed by atoms with van der Waals surface area (Å²) in [4.78, 5) is 12.7. The Bertz CT molecular complexity index is 1040. The SMILES string of the molecule is CN(C1CCCCC1)S(=O)(=O)c1ccccc1NC(=O)CSc1nnc(N)n1C1CC1. The lowest BCUT2D eigenvalue weighted by atomic mass is 9.96. The van der Waals surface area contributed by atoms with E-state index in [-0.39, 0.29) is 22.6 Å². The molecule has 1 aromatic heterocycles. The zero-order valence-corrected chi connectivity index (χ0v) is 19.2. The largest absolute Gasteiger partial charge is 0.368 e. The average molecular weight is 465 g/mol. The minimum Gasteiger partial charge on any atom is -0.368 e. The van der Waals surface area contributed by atoms with Gasteiger partial charge in [0, 0.05) is 19.1 Å². The number of aromatic nitrogens is 3. The van der Waals surface area contributed by atoms with Gasteiger partial charge in [0.25, 0.3) is 0 Å². The van der Waals surface area contributed by atoms with Gasteiger partial charge in [0.15, 0.2) is 5.16 Å². The number of hydrogen-bond donors (Lipinski definition) is 2. The highest BCUT2D eigenvalue weighted by Gasteiger charge is 2.31. The highest BCUT2D eigenvalue weighted by atomic mass is 32.2. The smallest absolute Gasteiger partial charge is 0.245 e. The number of amides is 1. The summed E-state index contributed by atoms with van der Waals surface area (Å²) in [5.74, 6) is 0.127. The van der Waals surface area contributed by atoms with Crippen LogP contribution >= 0.6 is 11.8 Å². The standard InChI is InChI=1S/C20H28N6O3S2/c1-25(14-7-3-2-4-8-14)31(28,29)17-10-6-5-9-16(17)22-18(27)13-30-20-24-23-19(21)26(20)15-11-12-15/h5-6,9-10,14-15H,2-4,7-8,11-13H2,1H3,(H2,21,23)(H,22,27). The van der Waals surface area contributed by atoms with Crippen molar-refractivity contribution in [3.63, 3.8) is 0 Å². The number of para-hydroxylation sites is 1. The lowest BCUT2D eigenvalue weighted by Gasteiger charge is -2.30. The fraction of sp³-hybridized carbons (Fsp3) is 0.550. The van der Waals surface area contributed by atoms with Gasteiger partial charge in [-0.3, -0.25) is 9.36 Å². The Labute approximate surface area is 186 Å². The van der Waals surface area contributed by atoms with E-state index in [9.17, 15) is 13.2 Å². The van der Waals surface area contributed by atoms with Crippen molar-refractivity contribution >= 4 is 39.3 Å². The summed E-state index contributed by atoms with van der Waals surface area (Å²) in [5, 5.41) is 11.3. The average Bonchev–Trinajstić information content (AvgIpc) is 3.54. The second kappa shape index (κ2) is 9.17. The predicted octanol–water partition coefficient (Wildman–Crippen LogP) is 2.88. The van der Waals surface area contributed by atoms with E-state index in [4.69, 9.17) is 5.73 Å². The Morgan fingerprint density at radius 3 is 2.61 bits per heavy atom. The molecule has 0 atom stereocenters. The lowest BCUT2D eigenvalue weighted by Crippen LogP contribution is -2.38. The molecule has 31 heavy (non-hydrogen) atoms. The molecule has 2 saturated carbocycles. The third kappa shape index (κ3) is 4.88. The van der Waals surface area contributed by atoms with E-state index in [0.29, 0.717) is 22.8 Å². The van der Waals surface area contributed by atoms with Crippen LogP contribution in [0.15, 0.2) is 34.3 Å². The maximum Gasteiger partial charge on any atom is 0.245 e. The van der Waals surface area contributed by atoms with Crippen molar-refractivity contribution in [3.05, 3.63) is 24.3 Å². The molecule has 0 bridgehead atoms. The number of nitrogens with one attached hydrogen (secondary N) is 1. The van der Waals surface area contributed by atoms with Crippen molar-refractivity contribution in [1.82, 2.24) is 19.1 Å². The molecular weight excluding hydrogens is 436 g/mol. The topological polar surface area (TPSA) is 123 Å². The number of anilines is 2. The number of rotatable bonds is 8. The number of sulfonamides is 1. The fourth-order valence-electron chi connectivity index (χ4n) is 3.97. The molecule has 2 aromatic rings. The van der Waals surface area contributed by atoms with Crippen LogP contribution in [0.2, 0.25) is 0 Å². The van der Waals surface area contributed by atoms with Gasteiger partial charge in [-0.15, -0.1) is 10.2 Å². The second-order valence-electron chi connectivity index (χ2n) is 8.09. The van der Waals surface area contributed by atoms with Crippen molar-refractivity contribution in [2.45, 2.75) is 67.1 Å². The molecule has 2 aliphatic carbocycles. The maximum atomic E-state index is 13.3. The molecule has 0 spiro atoms. The predicted molar refractivity (Wildman–Crippen MR) is 120 cm³/mol. The van der Waals surface area contributed by atoms with Gasteiger partial charge >= 0.3 is 0 Å². The fourth-order valence-corrected chi connectivity index (χ4v) is 6.34. The monoisotopic (exact) mass is 464 g/mol. The van der Waals surface area contributed by atoms with Crippen LogP contribution in [-0.4, -0.2) is 52.2 Å². The molecule has 1 heterocycles. The van der Waals surface area contributed by atoms with E-state index in [2.05, 4.69) is 15.5 Å². The summed E-state index contributed by atoms with van der Waals surface area (Å²) in [6.45, 7) is 0. The molecule has 4 rings (SSSR count). The van der Waals surface area contributed by atoms with E-state index in [1.807, 2.05) is 4.57 Å². The molecular formula is C20H28N6O3S2. The van der Waals surface area contributed by atoms with Crippen LogP contribution in [0.1, 0.15) is 51.0 Å². The van der Waals surface area contributed by atoms with Gasteiger partial charge < -0.3 is 11.1 Å². The molecule has 9 nitrogen and oxygen atoms in total. The van der Waals surface area contributed by atoms with E-state index >= 15 is 0 Å². The summed E-state index contributed by atoms with van der Waals surface area (Å²) in [5.41, 5.74) is 6.16. The molecule has 11 heteroatoms. The highest BCUT2D eigenvalue weighted by Crippen LogP contribution is 2.39. The minimum absolute atomic E-state index is 0.00249. The van der Waals surface area contributed by atoms with Crippen molar-refractivity contribution in [2.24, 2.45) is 0 Å². The Hall–Kier alpha value is -2.11. The summed E-state index contributed by atoms with van der Waals surface area (Å²) < 4.78 is 29.9. The number of thioether (sulfide) groups is 1. The number of nitrogen functional groups attached to an aromatic ring is 1. The van der Waals surface area contributed by atoms with Crippen LogP contribution in [0.5, 0.6) is 0 Å². The van der Waals surface area contributed by atoms with Crippen molar-refractivity contribution in [2.75, 3.05) is 23.9 Å². The summed E-state index contributed by atoms with van der Waals surface area (Å²) >= 11 is 1.24. The molecule has 3 N–H and O–H groups in total. The van der Waals surface area contributed by atoms with Crippen LogP contribution in [0.3, 0.4) is 0 Å². The molecule has 168 valence electrons. The van der Waals surface area contributed by atoms with Gasteiger partial charge in [-0.1, -0.05) is 43.2 Å². The molecule has 2 fully saturated rings. The molecule has 0 aliphatic heterocycles. The first kappa shape index (κ1) is 22.1. The number of hydrogen-bond acceptors (Lipinski definition) is 7. The maximum absolute atomic E-state index is 13.3. The van der Waals surface area contributed by atoms with E-state index < -0.39 is 10.0 Å². The molecule has 0 unspecified atom stereocenters. The number of benzene rings is 1. The zero-order valence-electron chi connectivity index (χ0n) is 17.5. The van der Waals surface area contributed by atoms with E-state index in [1.165, 1.54) is 16.1 Å². The first-order valence-electron chi connectivity index (χ1n) is 10.6. The summed E-state index contributed by atoms with van der Waals surface area (Å²) in [6.07, 6.45) is 7.02. The lowest BCUT2D eigenvalue weighted by molar-refractivity contribution is -0.113. The quantitative estimate of drug-likeness (QED) is 0.576. The van der Waals surface area contributed by atoms with Crippen molar-refractivity contribution in [3.8, 4) is 0 Å². The number of nitrogens with zero attached hydrogens (tertiary/aromatic N) is 4. The van der Waals surface area contributed by atoms with Crippen LogP contribution in [-0.2, 0) is 14.8 Å². The first-order valence-corrected chi connectivity index (χ1v) is 13.0. The van der Waals surface area contributed by atoms with E-state index in [0.717, 1.165) is 44.9 Å².